The molecule has 0 radical (unpaired) electrons. The quantitative estimate of drug-likeness (QED) is 0.503. The van der Waals surface area contributed by atoms with Gasteiger partial charge in [-0.15, -0.1) is 10.2 Å². The van der Waals surface area contributed by atoms with E-state index in [9.17, 15) is 0 Å². The number of nitrogens with two attached hydrogens (primary N) is 1. The second-order valence-corrected chi connectivity index (χ2v) is 6.58. The fourth-order valence-electron chi connectivity index (χ4n) is 2.87. The van der Waals surface area contributed by atoms with E-state index in [1.807, 2.05) is 36.7 Å². The Labute approximate surface area is 167 Å². The van der Waals surface area contributed by atoms with Crippen LogP contribution >= 0.6 is 0 Å². The van der Waals surface area contributed by atoms with E-state index in [-0.39, 0.29) is 0 Å². The van der Waals surface area contributed by atoms with Crippen LogP contribution in [0.2, 0.25) is 0 Å². The van der Waals surface area contributed by atoms with Crippen LogP contribution in [0.15, 0.2) is 42.9 Å². The Morgan fingerprint density at radius 2 is 1.83 bits per heavy atom. The van der Waals surface area contributed by atoms with Gasteiger partial charge < -0.3 is 10.5 Å². The van der Waals surface area contributed by atoms with Crippen molar-refractivity contribution in [1.29, 1.82) is 0 Å². The summed E-state index contributed by atoms with van der Waals surface area (Å²) in [6.07, 6.45) is 6.21. The molecule has 4 aromatic rings. The zero-order valence-corrected chi connectivity index (χ0v) is 16.2. The molecule has 0 aliphatic heterocycles. The maximum absolute atomic E-state index is 5.94. The Hall–Kier alpha value is -3.82. The number of nitrogen functional groups attached to an aromatic ring is 1. The lowest BCUT2D eigenvalue weighted by molar-refractivity contribution is 0.415. The first-order valence-corrected chi connectivity index (χ1v) is 9.12. The van der Waals surface area contributed by atoms with Crippen LogP contribution in [0.4, 0.5) is 5.82 Å². The maximum Gasteiger partial charge on any atom is 0.132 e. The Balaban J connectivity index is 1.37. The molecule has 0 aliphatic rings. The largest absolute Gasteiger partial charge is 0.497 e. The molecule has 0 saturated carbocycles. The number of anilines is 1. The first-order valence-electron chi connectivity index (χ1n) is 9.12. The van der Waals surface area contributed by atoms with Crippen molar-refractivity contribution in [1.82, 2.24) is 40.0 Å². The fourth-order valence-corrected chi connectivity index (χ4v) is 2.87. The van der Waals surface area contributed by atoms with Crippen LogP contribution in [-0.4, -0.2) is 47.1 Å². The Morgan fingerprint density at radius 3 is 2.59 bits per heavy atom. The smallest absolute Gasteiger partial charge is 0.132 e. The van der Waals surface area contributed by atoms with Gasteiger partial charge in [0.25, 0.3) is 0 Å². The zero-order valence-electron chi connectivity index (χ0n) is 16.2. The molecule has 2 N–H and O–H groups in total. The predicted octanol–water partition coefficient (Wildman–Crippen LogP) is 1.52. The van der Waals surface area contributed by atoms with Gasteiger partial charge in [-0.25, -0.2) is 14.6 Å². The molecule has 1 aromatic carbocycles. The molecule has 0 bridgehead atoms. The third-order valence-electron chi connectivity index (χ3n) is 4.46. The Morgan fingerprint density at radius 1 is 1.03 bits per heavy atom. The van der Waals surface area contributed by atoms with E-state index >= 15 is 0 Å². The molecule has 148 valence electrons. The normalized spacial score (nSPS) is 11.0. The number of methoxy groups -OCH3 is 1. The average molecular weight is 391 g/mol. The minimum Gasteiger partial charge on any atom is -0.497 e. The lowest BCUT2D eigenvalue weighted by atomic mass is 10.2. The summed E-state index contributed by atoms with van der Waals surface area (Å²) in [5.74, 6) is 1.92. The topological polar surface area (TPSA) is 122 Å². The van der Waals surface area contributed by atoms with E-state index in [1.165, 1.54) is 0 Å². The van der Waals surface area contributed by atoms with Crippen molar-refractivity contribution in [3.8, 4) is 17.0 Å². The van der Waals surface area contributed by atoms with Gasteiger partial charge in [0.05, 0.1) is 25.5 Å². The highest BCUT2D eigenvalue weighted by Crippen LogP contribution is 2.20. The van der Waals surface area contributed by atoms with Crippen molar-refractivity contribution in [3.05, 3.63) is 59.9 Å². The predicted molar refractivity (Wildman–Crippen MR) is 106 cm³/mol. The molecular weight excluding hydrogens is 370 g/mol. The van der Waals surface area contributed by atoms with Gasteiger partial charge in [0.15, 0.2) is 0 Å². The fraction of sp³-hybridized carbons (Fsp3) is 0.263. The van der Waals surface area contributed by atoms with Crippen LogP contribution in [0.3, 0.4) is 0 Å². The van der Waals surface area contributed by atoms with E-state index in [0.29, 0.717) is 31.2 Å². The van der Waals surface area contributed by atoms with Crippen molar-refractivity contribution >= 4 is 5.82 Å². The molecule has 0 fully saturated rings. The molecule has 0 amide bonds. The molecule has 0 spiro atoms. The molecular formula is C19H21N9O. The zero-order chi connectivity index (χ0) is 20.2. The minimum atomic E-state index is 0.461. The summed E-state index contributed by atoms with van der Waals surface area (Å²) in [5, 5.41) is 16.8. The van der Waals surface area contributed by atoms with Crippen LogP contribution in [0.5, 0.6) is 5.75 Å². The van der Waals surface area contributed by atoms with Crippen LogP contribution in [0.1, 0.15) is 17.1 Å². The molecule has 4 rings (SSSR count). The summed E-state index contributed by atoms with van der Waals surface area (Å²) >= 11 is 0. The maximum atomic E-state index is 5.94. The van der Waals surface area contributed by atoms with Crippen molar-refractivity contribution < 1.29 is 4.74 Å². The molecule has 3 aromatic heterocycles. The number of aryl methyl sites for hydroxylation is 3. The molecule has 10 nitrogen and oxygen atoms in total. The van der Waals surface area contributed by atoms with Gasteiger partial charge in [0.1, 0.15) is 23.1 Å². The summed E-state index contributed by atoms with van der Waals surface area (Å²) in [4.78, 5) is 8.35. The summed E-state index contributed by atoms with van der Waals surface area (Å²) < 4.78 is 8.70. The highest BCUT2D eigenvalue weighted by Gasteiger charge is 2.08. The third-order valence-corrected chi connectivity index (χ3v) is 4.46. The van der Waals surface area contributed by atoms with Gasteiger partial charge in [-0.1, -0.05) is 10.4 Å². The van der Waals surface area contributed by atoms with Crippen molar-refractivity contribution in [2.24, 2.45) is 0 Å². The number of aromatic nitrogens is 8. The summed E-state index contributed by atoms with van der Waals surface area (Å²) in [6.45, 7) is 2.93. The number of hydrogen-bond donors (Lipinski definition) is 1. The molecule has 10 heteroatoms. The monoisotopic (exact) mass is 391 g/mol. The van der Waals surface area contributed by atoms with Crippen LogP contribution in [0.25, 0.3) is 11.3 Å². The minimum absolute atomic E-state index is 0.461. The highest BCUT2D eigenvalue weighted by atomic mass is 16.5. The second-order valence-electron chi connectivity index (χ2n) is 6.58. The summed E-state index contributed by atoms with van der Waals surface area (Å²) in [6, 6.07) is 7.72. The second kappa shape index (κ2) is 8.05. The molecule has 0 aliphatic carbocycles. The SMILES string of the molecule is COc1ccc(-c2cn(CCc3cn(Cc4cnc(C)nc4N)nn3)nn2)cc1. The lowest BCUT2D eigenvalue weighted by Crippen LogP contribution is -2.07. The van der Waals surface area contributed by atoms with E-state index in [4.69, 9.17) is 10.5 Å². The van der Waals surface area contributed by atoms with Gasteiger partial charge in [-0.2, -0.15) is 0 Å². The number of rotatable bonds is 7. The number of nitrogens with zero attached hydrogens (tertiary/aromatic N) is 8. The van der Waals surface area contributed by atoms with Crippen molar-refractivity contribution in [2.45, 2.75) is 26.4 Å². The first kappa shape index (κ1) is 18.5. The average Bonchev–Trinajstić information content (AvgIpc) is 3.38. The van der Waals surface area contributed by atoms with Crippen molar-refractivity contribution in [2.75, 3.05) is 12.8 Å². The van der Waals surface area contributed by atoms with Crippen LogP contribution < -0.4 is 10.5 Å². The number of ether oxygens (including phenoxy) is 1. The summed E-state index contributed by atoms with van der Waals surface area (Å²) in [7, 11) is 1.64. The first-order chi connectivity index (χ1) is 14.1. The number of hydrogen-bond acceptors (Lipinski definition) is 8. The van der Waals surface area contributed by atoms with Gasteiger partial charge in [-0.3, -0.25) is 4.68 Å². The molecule has 3 heterocycles. The molecule has 0 atom stereocenters. The number of benzene rings is 1. The standard InChI is InChI=1S/C19H21N9O/c1-13-21-9-15(19(20)22-13)10-28-11-16(23-25-28)7-8-27-12-18(24-26-27)14-3-5-17(29-2)6-4-14/h3-6,9,11-12H,7-8,10H2,1-2H3,(H2,20,21,22). The lowest BCUT2D eigenvalue weighted by Gasteiger charge is -2.04. The third kappa shape index (κ3) is 4.37. The highest BCUT2D eigenvalue weighted by molar-refractivity contribution is 5.58. The van der Waals surface area contributed by atoms with E-state index in [1.54, 1.807) is 29.6 Å². The van der Waals surface area contributed by atoms with Crippen LogP contribution in [-0.2, 0) is 19.5 Å². The van der Waals surface area contributed by atoms with Crippen molar-refractivity contribution in [3.63, 3.8) is 0 Å². The van der Waals surface area contributed by atoms with Gasteiger partial charge in [0.2, 0.25) is 0 Å². The van der Waals surface area contributed by atoms with Crippen LogP contribution in [0, 0.1) is 6.92 Å². The van der Waals surface area contributed by atoms with E-state index in [0.717, 1.165) is 28.3 Å². The Kier molecular flexibility index (Phi) is 5.14. The van der Waals surface area contributed by atoms with E-state index in [2.05, 4.69) is 30.6 Å². The molecule has 0 saturated heterocycles. The van der Waals surface area contributed by atoms with Gasteiger partial charge in [0, 0.05) is 36.5 Å². The molecule has 29 heavy (non-hydrogen) atoms. The van der Waals surface area contributed by atoms with Gasteiger partial charge >= 0.3 is 0 Å². The molecule has 0 unspecified atom stereocenters. The Bertz CT molecular complexity index is 1100. The van der Waals surface area contributed by atoms with Gasteiger partial charge in [-0.05, 0) is 31.2 Å². The summed E-state index contributed by atoms with van der Waals surface area (Å²) in [5.41, 5.74) is 9.41. The van der Waals surface area contributed by atoms with E-state index < -0.39 is 0 Å².